The van der Waals surface area contributed by atoms with Gasteiger partial charge in [-0.15, -0.1) is 11.3 Å². The second-order valence-corrected chi connectivity index (χ2v) is 7.09. The highest BCUT2D eigenvalue weighted by molar-refractivity contribution is 7.18. The molecule has 4 rings (SSSR count). The summed E-state index contributed by atoms with van der Waals surface area (Å²) in [4.78, 5) is 8.73. The van der Waals surface area contributed by atoms with Gasteiger partial charge in [-0.2, -0.15) is 0 Å². The van der Waals surface area contributed by atoms with Crippen molar-refractivity contribution in [2.75, 3.05) is 0 Å². The fraction of sp³-hybridized carbons (Fsp3) is 0.143. The normalized spacial score (nSPS) is 10.9. The van der Waals surface area contributed by atoms with Crippen molar-refractivity contribution in [2.24, 2.45) is 0 Å². The highest BCUT2D eigenvalue weighted by Crippen LogP contribution is 2.21. The van der Waals surface area contributed by atoms with Gasteiger partial charge in [-0.05, 0) is 35.9 Å². The summed E-state index contributed by atoms with van der Waals surface area (Å²) in [5, 5.41) is 4.57. The highest BCUT2D eigenvalue weighted by Gasteiger charge is 2.03. The predicted octanol–water partition coefficient (Wildman–Crippen LogP) is 4.56. The molecule has 2 aromatic heterocycles. The molecule has 0 amide bonds. The SMILES string of the molecule is c1cncc(COc2ccc(CNCc3nc4ccccc4s3)cc2)c1. The number of pyridine rings is 1. The standard InChI is InChI=1S/C21H19N3OS/c1-2-6-20-19(5-1)24-21(26-20)14-23-12-16-7-9-18(10-8-16)25-15-17-4-3-11-22-13-17/h1-11,13,23H,12,14-15H2. The van der Waals surface area contributed by atoms with Crippen LogP contribution in [0.1, 0.15) is 16.1 Å². The molecule has 0 fully saturated rings. The summed E-state index contributed by atoms with van der Waals surface area (Å²) in [7, 11) is 0. The quantitative estimate of drug-likeness (QED) is 0.524. The number of nitrogens with one attached hydrogen (secondary N) is 1. The molecule has 0 aliphatic rings. The molecular weight excluding hydrogens is 342 g/mol. The third kappa shape index (κ3) is 4.25. The average molecular weight is 361 g/mol. The first-order valence-corrected chi connectivity index (χ1v) is 9.34. The Labute approximate surface area is 156 Å². The third-order valence-corrected chi connectivity index (χ3v) is 5.03. The number of thiazole rings is 1. The fourth-order valence-electron chi connectivity index (χ4n) is 2.66. The van der Waals surface area contributed by atoms with Gasteiger partial charge in [0.05, 0.1) is 10.2 Å². The first-order chi connectivity index (χ1) is 12.9. The van der Waals surface area contributed by atoms with E-state index in [1.165, 1.54) is 10.3 Å². The summed E-state index contributed by atoms with van der Waals surface area (Å²) in [5.74, 6) is 0.865. The van der Waals surface area contributed by atoms with Crippen LogP contribution >= 0.6 is 11.3 Å². The number of rotatable bonds is 7. The number of nitrogens with zero attached hydrogens (tertiary/aromatic N) is 2. The molecule has 0 unspecified atom stereocenters. The number of hydrogen-bond donors (Lipinski definition) is 1. The molecule has 1 N–H and O–H groups in total. The molecule has 0 saturated heterocycles. The van der Waals surface area contributed by atoms with Gasteiger partial charge >= 0.3 is 0 Å². The summed E-state index contributed by atoms with van der Waals surface area (Å²) in [5.41, 5.74) is 3.36. The summed E-state index contributed by atoms with van der Waals surface area (Å²) < 4.78 is 7.02. The average Bonchev–Trinajstić information content (AvgIpc) is 3.11. The monoisotopic (exact) mass is 361 g/mol. The van der Waals surface area contributed by atoms with E-state index in [0.29, 0.717) is 6.61 Å². The molecule has 0 spiro atoms. The molecule has 0 bridgehead atoms. The van der Waals surface area contributed by atoms with Gasteiger partial charge in [-0.1, -0.05) is 30.3 Å². The minimum atomic E-state index is 0.531. The Bertz CT molecular complexity index is 934. The number of hydrogen-bond acceptors (Lipinski definition) is 5. The first kappa shape index (κ1) is 16.7. The lowest BCUT2D eigenvalue weighted by atomic mass is 10.2. The predicted molar refractivity (Wildman–Crippen MR) is 105 cm³/mol. The van der Waals surface area contributed by atoms with Crippen LogP contribution in [0.25, 0.3) is 10.2 Å². The van der Waals surface area contributed by atoms with E-state index < -0.39 is 0 Å². The molecule has 4 nitrogen and oxygen atoms in total. The van der Waals surface area contributed by atoms with E-state index in [2.05, 4.69) is 45.6 Å². The molecule has 0 saturated carbocycles. The van der Waals surface area contributed by atoms with E-state index in [1.54, 1.807) is 17.5 Å². The maximum absolute atomic E-state index is 5.79. The van der Waals surface area contributed by atoms with Crippen LogP contribution in [0.3, 0.4) is 0 Å². The van der Waals surface area contributed by atoms with Gasteiger partial charge in [0.25, 0.3) is 0 Å². The smallest absolute Gasteiger partial charge is 0.119 e. The van der Waals surface area contributed by atoms with E-state index in [0.717, 1.165) is 34.9 Å². The first-order valence-electron chi connectivity index (χ1n) is 8.53. The van der Waals surface area contributed by atoms with Crippen LogP contribution in [0.5, 0.6) is 5.75 Å². The van der Waals surface area contributed by atoms with Crippen molar-refractivity contribution in [3.05, 3.63) is 89.2 Å². The van der Waals surface area contributed by atoms with Crippen LogP contribution in [0.4, 0.5) is 0 Å². The van der Waals surface area contributed by atoms with Crippen molar-refractivity contribution in [2.45, 2.75) is 19.7 Å². The van der Waals surface area contributed by atoms with Crippen molar-refractivity contribution < 1.29 is 4.74 Å². The van der Waals surface area contributed by atoms with Gasteiger partial charge in [0.1, 0.15) is 17.4 Å². The molecule has 2 aromatic carbocycles. The van der Waals surface area contributed by atoms with E-state index in [-0.39, 0.29) is 0 Å². The second-order valence-electron chi connectivity index (χ2n) is 5.97. The van der Waals surface area contributed by atoms with E-state index >= 15 is 0 Å². The van der Waals surface area contributed by atoms with Gasteiger partial charge in [-0.3, -0.25) is 4.98 Å². The van der Waals surface area contributed by atoms with Crippen molar-refractivity contribution in [1.82, 2.24) is 15.3 Å². The molecule has 0 aliphatic heterocycles. The molecule has 4 aromatic rings. The van der Waals surface area contributed by atoms with Crippen LogP contribution in [-0.2, 0) is 19.7 Å². The lowest BCUT2D eigenvalue weighted by Gasteiger charge is -2.07. The zero-order chi connectivity index (χ0) is 17.6. The summed E-state index contributed by atoms with van der Waals surface area (Å²) in [6.07, 6.45) is 3.58. The topological polar surface area (TPSA) is 47.0 Å². The maximum Gasteiger partial charge on any atom is 0.119 e. The Morgan fingerprint density at radius 2 is 1.77 bits per heavy atom. The van der Waals surface area contributed by atoms with E-state index in [9.17, 15) is 0 Å². The van der Waals surface area contributed by atoms with Crippen molar-refractivity contribution >= 4 is 21.6 Å². The molecule has 0 radical (unpaired) electrons. The van der Waals surface area contributed by atoms with Crippen LogP contribution in [0.2, 0.25) is 0 Å². The molecule has 0 atom stereocenters. The van der Waals surface area contributed by atoms with Gasteiger partial charge in [0.15, 0.2) is 0 Å². The summed E-state index contributed by atoms with van der Waals surface area (Å²) in [6, 6.07) is 20.4. The van der Waals surface area contributed by atoms with Gasteiger partial charge in [0.2, 0.25) is 0 Å². The van der Waals surface area contributed by atoms with Crippen LogP contribution in [0.15, 0.2) is 73.1 Å². The Kier molecular flexibility index (Phi) is 5.19. The zero-order valence-electron chi connectivity index (χ0n) is 14.3. The molecule has 130 valence electrons. The number of aromatic nitrogens is 2. The van der Waals surface area contributed by atoms with E-state index in [1.807, 2.05) is 36.5 Å². The van der Waals surface area contributed by atoms with Crippen molar-refractivity contribution in [3.63, 3.8) is 0 Å². The Morgan fingerprint density at radius 1 is 0.885 bits per heavy atom. The van der Waals surface area contributed by atoms with E-state index in [4.69, 9.17) is 4.74 Å². The fourth-order valence-corrected chi connectivity index (χ4v) is 3.60. The van der Waals surface area contributed by atoms with Gasteiger partial charge < -0.3 is 10.1 Å². The molecule has 2 heterocycles. The molecular formula is C21H19N3OS. The summed E-state index contributed by atoms with van der Waals surface area (Å²) >= 11 is 1.74. The Hall–Kier alpha value is -2.76. The Balaban J connectivity index is 1.27. The third-order valence-electron chi connectivity index (χ3n) is 4.00. The number of para-hydroxylation sites is 1. The van der Waals surface area contributed by atoms with Crippen molar-refractivity contribution in [1.29, 1.82) is 0 Å². The maximum atomic E-state index is 5.79. The molecule has 26 heavy (non-hydrogen) atoms. The van der Waals surface area contributed by atoms with Crippen LogP contribution < -0.4 is 10.1 Å². The highest BCUT2D eigenvalue weighted by atomic mass is 32.1. The lowest BCUT2D eigenvalue weighted by molar-refractivity contribution is 0.305. The molecule has 5 heteroatoms. The zero-order valence-corrected chi connectivity index (χ0v) is 15.1. The van der Waals surface area contributed by atoms with Crippen LogP contribution in [-0.4, -0.2) is 9.97 Å². The number of fused-ring (bicyclic) bond motifs is 1. The number of benzene rings is 2. The van der Waals surface area contributed by atoms with Crippen LogP contribution in [0, 0.1) is 0 Å². The summed E-state index contributed by atoms with van der Waals surface area (Å²) in [6.45, 7) is 2.11. The lowest BCUT2D eigenvalue weighted by Crippen LogP contribution is -2.12. The largest absolute Gasteiger partial charge is 0.489 e. The Morgan fingerprint density at radius 3 is 2.58 bits per heavy atom. The van der Waals surface area contributed by atoms with Gasteiger partial charge in [-0.25, -0.2) is 4.98 Å². The minimum Gasteiger partial charge on any atom is -0.489 e. The van der Waals surface area contributed by atoms with Gasteiger partial charge in [0, 0.05) is 31.0 Å². The molecule has 0 aliphatic carbocycles. The minimum absolute atomic E-state index is 0.531. The number of ether oxygens (including phenoxy) is 1. The van der Waals surface area contributed by atoms with Crippen molar-refractivity contribution in [3.8, 4) is 5.75 Å². The second kappa shape index (κ2) is 8.08.